The third kappa shape index (κ3) is 14.1. The maximum Gasteiger partial charge on any atom is 0.305 e. The van der Waals surface area contributed by atoms with Crippen LogP contribution in [0.2, 0.25) is 0 Å². The molecule has 3 heteroatoms. The molecule has 1 heterocycles. The number of rotatable bonds is 17. The Kier molecular flexibility index (Phi) is 12.8. The van der Waals surface area contributed by atoms with Crippen LogP contribution in [0.1, 0.15) is 104 Å². The van der Waals surface area contributed by atoms with E-state index in [1.54, 1.807) is 0 Å². The van der Waals surface area contributed by atoms with E-state index in [-0.39, 0.29) is 11.6 Å². The van der Waals surface area contributed by atoms with Crippen molar-refractivity contribution < 1.29 is 14.3 Å². The van der Waals surface area contributed by atoms with Gasteiger partial charge in [0.15, 0.2) is 0 Å². The molecule has 1 aliphatic heterocycles. The van der Waals surface area contributed by atoms with Gasteiger partial charge in [-0.2, -0.15) is 0 Å². The summed E-state index contributed by atoms with van der Waals surface area (Å²) in [5.41, 5.74) is -0.182. The first-order chi connectivity index (χ1) is 12.2. The predicted molar refractivity (Wildman–Crippen MR) is 105 cm³/mol. The molecule has 146 valence electrons. The van der Waals surface area contributed by atoms with Crippen molar-refractivity contribution in [2.24, 2.45) is 0 Å². The van der Waals surface area contributed by atoms with Crippen molar-refractivity contribution in [1.82, 2.24) is 0 Å². The van der Waals surface area contributed by atoms with Crippen molar-refractivity contribution >= 4 is 5.97 Å². The quantitative estimate of drug-likeness (QED) is 0.132. The molecule has 0 aromatic rings. The SMILES string of the molecule is CCCCCCCCC=CCCCCCCCC(=O)OCC1(C)CO1. The lowest BCUT2D eigenvalue weighted by atomic mass is 10.1. The Morgan fingerprint density at radius 2 is 1.44 bits per heavy atom. The van der Waals surface area contributed by atoms with Crippen molar-refractivity contribution in [3.05, 3.63) is 12.2 Å². The largest absolute Gasteiger partial charge is 0.463 e. The van der Waals surface area contributed by atoms with Crippen molar-refractivity contribution in [1.29, 1.82) is 0 Å². The summed E-state index contributed by atoms with van der Waals surface area (Å²) in [6.07, 6.45) is 21.8. The van der Waals surface area contributed by atoms with Crippen LogP contribution >= 0.6 is 0 Å². The Morgan fingerprint density at radius 3 is 2.00 bits per heavy atom. The topological polar surface area (TPSA) is 38.8 Å². The highest BCUT2D eigenvalue weighted by atomic mass is 16.6. The molecular weight excluding hydrogens is 312 g/mol. The molecule has 0 aromatic heterocycles. The summed E-state index contributed by atoms with van der Waals surface area (Å²) in [6, 6.07) is 0. The van der Waals surface area contributed by atoms with E-state index in [1.807, 2.05) is 6.92 Å². The summed E-state index contributed by atoms with van der Waals surface area (Å²) in [4.78, 5) is 11.6. The fourth-order valence-corrected chi connectivity index (χ4v) is 2.85. The third-order valence-corrected chi connectivity index (χ3v) is 4.82. The summed E-state index contributed by atoms with van der Waals surface area (Å²) in [5.74, 6) is -0.0747. The van der Waals surface area contributed by atoms with Crippen molar-refractivity contribution in [2.45, 2.75) is 109 Å². The first kappa shape index (κ1) is 22.2. The standard InChI is InChI=1S/C22H40O3/c1-3-4-5-6-7-8-9-10-11-12-13-14-15-16-17-18-21(23)24-19-22(2)20-25-22/h10-11H,3-9,12-20H2,1-2H3. The Bertz CT molecular complexity index is 358. The number of esters is 1. The lowest BCUT2D eigenvalue weighted by Gasteiger charge is -2.07. The molecule has 1 saturated heterocycles. The lowest BCUT2D eigenvalue weighted by Crippen LogP contribution is -2.18. The van der Waals surface area contributed by atoms with Gasteiger partial charge in [0.05, 0.1) is 6.61 Å². The van der Waals surface area contributed by atoms with Gasteiger partial charge in [0.1, 0.15) is 12.2 Å². The smallest absolute Gasteiger partial charge is 0.305 e. The van der Waals surface area contributed by atoms with Crippen LogP contribution in [0.5, 0.6) is 0 Å². The van der Waals surface area contributed by atoms with E-state index in [0.29, 0.717) is 19.6 Å². The van der Waals surface area contributed by atoms with Crippen LogP contribution in [0.4, 0.5) is 0 Å². The minimum absolute atomic E-state index is 0.0747. The van der Waals surface area contributed by atoms with Gasteiger partial charge in [-0.3, -0.25) is 4.79 Å². The average molecular weight is 353 g/mol. The zero-order valence-corrected chi connectivity index (χ0v) is 16.7. The molecule has 1 atom stereocenters. The summed E-state index contributed by atoms with van der Waals surface area (Å²) in [6.45, 7) is 5.37. The molecule has 25 heavy (non-hydrogen) atoms. The van der Waals surface area contributed by atoms with Crippen LogP contribution in [0, 0.1) is 0 Å². The Hall–Kier alpha value is -0.830. The molecule has 0 aliphatic carbocycles. The summed E-state index contributed by atoms with van der Waals surface area (Å²) in [5, 5.41) is 0. The van der Waals surface area contributed by atoms with Crippen LogP contribution in [0.15, 0.2) is 12.2 Å². The second-order valence-corrected chi connectivity index (χ2v) is 7.73. The van der Waals surface area contributed by atoms with Gasteiger partial charge in [-0.1, -0.05) is 70.4 Å². The van der Waals surface area contributed by atoms with Gasteiger partial charge in [-0.25, -0.2) is 0 Å². The monoisotopic (exact) mass is 352 g/mol. The Labute approximate surface area is 155 Å². The number of carbonyl (C=O) groups excluding carboxylic acids is 1. The van der Waals surface area contributed by atoms with E-state index in [9.17, 15) is 4.79 Å². The van der Waals surface area contributed by atoms with Crippen LogP contribution in [0.25, 0.3) is 0 Å². The van der Waals surface area contributed by atoms with Crippen molar-refractivity contribution in [2.75, 3.05) is 13.2 Å². The van der Waals surface area contributed by atoms with E-state index in [0.717, 1.165) is 12.8 Å². The third-order valence-electron chi connectivity index (χ3n) is 4.82. The van der Waals surface area contributed by atoms with E-state index >= 15 is 0 Å². The second-order valence-electron chi connectivity index (χ2n) is 7.73. The molecule has 1 fully saturated rings. The minimum Gasteiger partial charge on any atom is -0.463 e. The highest BCUT2D eigenvalue weighted by Gasteiger charge is 2.40. The van der Waals surface area contributed by atoms with Gasteiger partial charge in [-0.05, 0) is 39.0 Å². The van der Waals surface area contributed by atoms with Crippen molar-refractivity contribution in [3.63, 3.8) is 0 Å². The maximum absolute atomic E-state index is 11.6. The van der Waals surface area contributed by atoms with Crippen molar-refractivity contribution in [3.8, 4) is 0 Å². The number of hydrogen-bond donors (Lipinski definition) is 0. The highest BCUT2D eigenvalue weighted by molar-refractivity contribution is 5.69. The summed E-state index contributed by atoms with van der Waals surface area (Å²) < 4.78 is 10.4. The second kappa shape index (κ2) is 14.4. The maximum atomic E-state index is 11.6. The molecule has 3 nitrogen and oxygen atoms in total. The number of epoxide rings is 1. The van der Waals surface area contributed by atoms with Gasteiger partial charge >= 0.3 is 5.97 Å². The zero-order valence-electron chi connectivity index (χ0n) is 16.7. The molecule has 0 N–H and O–H groups in total. The molecule has 1 aliphatic rings. The van der Waals surface area contributed by atoms with Crippen LogP contribution in [-0.2, 0) is 14.3 Å². The number of unbranched alkanes of at least 4 members (excludes halogenated alkanes) is 11. The first-order valence-corrected chi connectivity index (χ1v) is 10.6. The van der Waals surface area contributed by atoms with Crippen LogP contribution in [0.3, 0.4) is 0 Å². The fourth-order valence-electron chi connectivity index (χ4n) is 2.85. The average Bonchev–Trinajstić information content (AvgIpc) is 3.34. The van der Waals surface area contributed by atoms with Crippen LogP contribution in [-0.4, -0.2) is 24.8 Å². The van der Waals surface area contributed by atoms with Gasteiger partial charge in [-0.15, -0.1) is 0 Å². The van der Waals surface area contributed by atoms with E-state index in [4.69, 9.17) is 9.47 Å². The number of carbonyl (C=O) groups is 1. The summed E-state index contributed by atoms with van der Waals surface area (Å²) >= 11 is 0. The molecule has 0 radical (unpaired) electrons. The predicted octanol–water partition coefficient (Wildman–Crippen LogP) is 6.36. The van der Waals surface area contributed by atoms with E-state index < -0.39 is 0 Å². The molecule has 0 aromatic carbocycles. The Morgan fingerprint density at radius 1 is 0.920 bits per heavy atom. The Balaban J connectivity index is 1.75. The van der Waals surface area contributed by atoms with E-state index in [1.165, 1.54) is 70.6 Å². The minimum atomic E-state index is -0.182. The van der Waals surface area contributed by atoms with Gasteiger partial charge in [0.2, 0.25) is 0 Å². The molecule has 0 saturated carbocycles. The number of allylic oxidation sites excluding steroid dienone is 2. The lowest BCUT2D eigenvalue weighted by molar-refractivity contribution is -0.145. The number of ether oxygens (including phenoxy) is 2. The van der Waals surface area contributed by atoms with Gasteiger partial charge in [0.25, 0.3) is 0 Å². The fraction of sp³-hybridized carbons (Fsp3) is 0.864. The molecule has 0 amide bonds. The number of hydrogen-bond acceptors (Lipinski definition) is 3. The van der Waals surface area contributed by atoms with Crippen LogP contribution < -0.4 is 0 Å². The normalized spacial score (nSPS) is 19.4. The molecular formula is C22H40O3. The molecule has 0 bridgehead atoms. The molecule has 1 rings (SSSR count). The molecule has 1 unspecified atom stereocenters. The van der Waals surface area contributed by atoms with Gasteiger partial charge in [0, 0.05) is 6.42 Å². The van der Waals surface area contributed by atoms with Gasteiger partial charge < -0.3 is 9.47 Å². The summed E-state index contributed by atoms with van der Waals surface area (Å²) in [7, 11) is 0. The zero-order chi connectivity index (χ0) is 18.2. The van der Waals surface area contributed by atoms with E-state index in [2.05, 4.69) is 19.1 Å². The molecule has 0 spiro atoms. The highest BCUT2D eigenvalue weighted by Crippen LogP contribution is 2.26. The first-order valence-electron chi connectivity index (χ1n) is 10.6.